The first-order valence-corrected chi connectivity index (χ1v) is 10.9. The van der Waals surface area contributed by atoms with Crippen LogP contribution in [0, 0.1) is 0 Å². The van der Waals surface area contributed by atoms with Gasteiger partial charge < -0.3 is 10.2 Å². The Bertz CT molecular complexity index is 1360. The van der Waals surface area contributed by atoms with Crippen LogP contribution in [0.4, 0.5) is 5.69 Å². The van der Waals surface area contributed by atoms with Gasteiger partial charge in [0.05, 0.1) is 10.9 Å². The van der Waals surface area contributed by atoms with Crippen molar-refractivity contribution in [1.29, 1.82) is 0 Å². The van der Waals surface area contributed by atoms with Gasteiger partial charge >= 0.3 is 5.69 Å². The molecule has 0 aliphatic carbocycles. The van der Waals surface area contributed by atoms with Crippen molar-refractivity contribution in [1.82, 2.24) is 23.9 Å². The molecule has 0 bridgehead atoms. The average Bonchev–Trinajstić information content (AvgIpc) is 2.83. The predicted molar refractivity (Wildman–Crippen MR) is 127 cm³/mol. The second kappa shape index (κ2) is 9.07. The number of pyridine rings is 1. The van der Waals surface area contributed by atoms with Crippen molar-refractivity contribution in [3.8, 4) is 0 Å². The topological polar surface area (TPSA) is 102 Å². The van der Waals surface area contributed by atoms with E-state index in [2.05, 4.69) is 27.2 Å². The molecule has 2 aromatic heterocycles. The zero-order valence-electron chi connectivity index (χ0n) is 19.1. The highest BCUT2D eigenvalue weighted by Gasteiger charge is 2.21. The minimum atomic E-state index is -0.606. The van der Waals surface area contributed by atoms with Crippen LogP contribution in [-0.4, -0.2) is 63.8 Å². The van der Waals surface area contributed by atoms with E-state index in [1.165, 1.54) is 36.0 Å². The van der Waals surface area contributed by atoms with Crippen LogP contribution >= 0.6 is 0 Å². The molecule has 33 heavy (non-hydrogen) atoms. The number of rotatable bonds is 5. The Hall–Kier alpha value is -3.66. The lowest BCUT2D eigenvalue weighted by Gasteiger charge is -2.36. The van der Waals surface area contributed by atoms with Gasteiger partial charge in [-0.2, -0.15) is 0 Å². The molecule has 3 aromatic rings. The maximum Gasteiger partial charge on any atom is 0.332 e. The standard InChI is InChI=1S/C23H28N6O4/c1-25-18(30)15-17(19-21(25)26(2)23(33)27(3)22(19)32)20(31)24-9-10-28-11-13-29(14-12-28)16-7-5-4-6-8-16/h4-8,15H,9-14H2,1-3H3,(H,24,31). The summed E-state index contributed by atoms with van der Waals surface area (Å²) in [5.74, 6) is -0.503. The van der Waals surface area contributed by atoms with Crippen molar-refractivity contribution >= 4 is 22.6 Å². The number of aromatic nitrogens is 3. The van der Waals surface area contributed by atoms with Gasteiger partial charge in [0, 0.05) is 72.2 Å². The Labute approximate surface area is 190 Å². The van der Waals surface area contributed by atoms with Crippen molar-refractivity contribution in [2.24, 2.45) is 21.1 Å². The van der Waals surface area contributed by atoms with Gasteiger partial charge in [-0.1, -0.05) is 18.2 Å². The lowest BCUT2D eigenvalue weighted by Crippen LogP contribution is -2.48. The van der Waals surface area contributed by atoms with Gasteiger partial charge in [0.2, 0.25) is 0 Å². The summed E-state index contributed by atoms with van der Waals surface area (Å²) in [6.07, 6.45) is 0. The first-order chi connectivity index (χ1) is 15.8. The summed E-state index contributed by atoms with van der Waals surface area (Å²) in [5, 5.41) is 2.88. The van der Waals surface area contributed by atoms with E-state index in [-0.39, 0.29) is 16.6 Å². The fourth-order valence-corrected chi connectivity index (χ4v) is 4.33. The van der Waals surface area contributed by atoms with Crippen molar-refractivity contribution < 1.29 is 4.79 Å². The zero-order chi connectivity index (χ0) is 23.7. The smallest absolute Gasteiger partial charge is 0.332 e. The quantitative estimate of drug-likeness (QED) is 0.560. The SMILES string of the molecule is Cn1c(=O)c2c(C(=O)NCCN3CCN(c4ccccc4)CC3)cc(=O)n(C)c2n(C)c1=O. The molecule has 0 unspecified atom stereocenters. The highest BCUT2D eigenvalue weighted by Crippen LogP contribution is 2.15. The van der Waals surface area contributed by atoms with Gasteiger partial charge in [0.25, 0.3) is 17.0 Å². The Morgan fingerprint density at radius 2 is 1.58 bits per heavy atom. The van der Waals surface area contributed by atoms with E-state index >= 15 is 0 Å². The Balaban J connectivity index is 1.46. The molecular formula is C23H28N6O4. The average molecular weight is 453 g/mol. The van der Waals surface area contributed by atoms with Crippen LogP contribution < -0.4 is 27.0 Å². The summed E-state index contributed by atoms with van der Waals surface area (Å²) >= 11 is 0. The van der Waals surface area contributed by atoms with Crippen LogP contribution in [-0.2, 0) is 21.1 Å². The maximum absolute atomic E-state index is 12.9. The van der Waals surface area contributed by atoms with Gasteiger partial charge in [-0.3, -0.25) is 33.0 Å². The Kier molecular flexibility index (Phi) is 6.19. The number of para-hydroxylation sites is 1. The van der Waals surface area contributed by atoms with Gasteiger partial charge in [-0.05, 0) is 12.1 Å². The van der Waals surface area contributed by atoms with Crippen molar-refractivity contribution in [2.75, 3.05) is 44.2 Å². The Morgan fingerprint density at radius 1 is 0.909 bits per heavy atom. The van der Waals surface area contributed by atoms with Crippen LogP contribution in [0.5, 0.6) is 0 Å². The van der Waals surface area contributed by atoms with E-state index in [4.69, 9.17) is 0 Å². The minimum absolute atomic E-state index is 0.0156. The third kappa shape index (κ3) is 4.21. The zero-order valence-corrected chi connectivity index (χ0v) is 19.1. The van der Waals surface area contributed by atoms with Crippen LogP contribution in [0.15, 0.2) is 50.8 Å². The number of amides is 1. The molecule has 10 nitrogen and oxygen atoms in total. The van der Waals surface area contributed by atoms with Crippen molar-refractivity contribution in [2.45, 2.75) is 0 Å². The van der Waals surface area contributed by atoms with Crippen LogP contribution in [0.1, 0.15) is 10.4 Å². The number of carbonyl (C=O) groups is 1. The largest absolute Gasteiger partial charge is 0.369 e. The van der Waals surface area contributed by atoms with Crippen LogP contribution in [0.25, 0.3) is 11.0 Å². The molecule has 1 N–H and O–H groups in total. The summed E-state index contributed by atoms with van der Waals surface area (Å²) in [6, 6.07) is 11.4. The van der Waals surface area contributed by atoms with Crippen LogP contribution in [0.3, 0.4) is 0 Å². The van der Waals surface area contributed by atoms with Gasteiger partial charge in [0.15, 0.2) is 0 Å². The molecule has 1 aliphatic heterocycles. The monoisotopic (exact) mass is 452 g/mol. The molecule has 0 radical (unpaired) electrons. The molecule has 0 spiro atoms. The lowest BCUT2D eigenvalue weighted by molar-refractivity contribution is 0.0949. The first-order valence-electron chi connectivity index (χ1n) is 10.9. The highest BCUT2D eigenvalue weighted by molar-refractivity contribution is 6.05. The number of carbonyl (C=O) groups excluding carboxylic acids is 1. The van der Waals surface area contributed by atoms with Crippen molar-refractivity contribution in [3.05, 3.63) is 73.2 Å². The number of anilines is 1. The fraction of sp³-hybridized carbons (Fsp3) is 0.391. The molecule has 4 rings (SSSR count). The number of nitrogens with zero attached hydrogens (tertiary/aromatic N) is 5. The molecule has 1 saturated heterocycles. The predicted octanol–water partition coefficient (Wildman–Crippen LogP) is -0.512. The number of fused-ring (bicyclic) bond motifs is 1. The van der Waals surface area contributed by atoms with Gasteiger partial charge in [-0.25, -0.2) is 4.79 Å². The molecule has 3 heterocycles. The third-order valence-electron chi connectivity index (χ3n) is 6.27. The summed E-state index contributed by atoms with van der Waals surface area (Å²) < 4.78 is 3.36. The van der Waals surface area contributed by atoms with E-state index in [1.54, 1.807) is 0 Å². The van der Waals surface area contributed by atoms with E-state index in [0.717, 1.165) is 36.8 Å². The van der Waals surface area contributed by atoms with E-state index in [9.17, 15) is 19.2 Å². The number of hydrogen-bond acceptors (Lipinski definition) is 6. The molecule has 1 amide bonds. The third-order valence-corrected chi connectivity index (χ3v) is 6.27. The van der Waals surface area contributed by atoms with Gasteiger partial charge in [-0.15, -0.1) is 0 Å². The van der Waals surface area contributed by atoms with Gasteiger partial charge in [0.1, 0.15) is 5.65 Å². The highest BCUT2D eigenvalue weighted by atomic mass is 16.2. The molecule has 174 valence electrons. The molecule has 0 saturated carbocycles. The molecular weight excluding hydrogens is 424 g/mol. The number of aryl methyl sites for hydroxylation is 2. The fourth-order valence-electron chi connectivity index (χ4n) is 4.33. The number of nitrogens with one attached hydrogen (secondary N) is 1. The summed E-state index contributed by atoms with van der Waals surface area (Å²) in [6.45, 7) is 4.61. The first kappa shape index (κ1) is 22.5. The minimum Gasteiger partial charge on any atom is -0.369 e. The van der Waals surface area contributed by atoms with E-state index in [1.807, 2.05) is 18.2 Å². The molecule has 1 aromatic carbocycles. The lowest BCUT2D eigenvalue weighted by atomic mass is 10.1. The van der Waals surface area contributed by atoms with E-state index in [0.29, 0.717) is 13.1 Å². The number of benzene rings is 1. The Morgan fingerprint density at radius 3 is 2.24 bits per heavy atom. The van der Waals surface area contributed by atoms with Crippen molar-refractivity contribution in [3.63, 3.8) is 0 Å². The second-order valence-corrected chi connectivity index (χ2v) is 8.28. The summed E-state index contributed by atoms with van der Waals surface area (Å²) in [5.41, 5.74) is -0.316. The second-order valence-electron chi connectivity index (χ2n) is 8.28. The van der Waals surface area contributed by atoms with Crippen LogP contribution in [0.2, 0.25) is 0 Å². The molecule has 10 heteroatoms. The number of hydrogen-bond donors (Lipinski definition) is 1. The van der Waals surface area contributed by atoms with E-state index < -0.39 is 22.7 Å². The molecule has 1 fully saturated rings. The molecule has 0 atom stereocenters. The maximum atomic E-state index is 12.9. The molecule has 1 aliphatic rings. The summed E-state index contributed by atoms with van der Waals surface area (Å²) in [7, 11) is 4.30. The number of piperazine rings is 1. The summed E-state index contributed by atoms with van der Waals surface area (Å²) in [4.78, 5) is 55.1. The normalized spacial score (nSPS) is 14.6.